The van der Waals surface area contributed by atoms with Crippen LogP contribution in [0.25, 0.3) is 0 Å². The summed E-state index contributed by atoms with van der Waals surface area (Å²) in [5, 5.41) is 0. The standard InChI is InChI=1S/C25H37N3O3/c1-3-26-15-13-19-9-10-22(17-20(19)14-16-26)28-23(11-12-24(29)31-2)18-27(25(28)30)21-7-5-4-6-8-21/h9-10,17,21,23H,3-8,11-16,18H2,1-2H3. The number of likely N-dealkylation sites (N-methyl/N-ethyl adjacent to an activating group) is 1. The van der Waals surface area contributed by atoms with Gasteiger partial charge in [0.25, 0.3) is 0 Å². The minimum atomic E-state index is -0.204. The second-order valence-electron chi connectivity index (χ2n) is 9.25. The van der Waals surface area contributed by atoms with Gasteiger partial charge in [-0.2, -0.15) is 0 Å². The summed E-state index contributed by atoms with van der Waals surface area (Å²) in [6.45, 7) is 6.18. The number of amides is 2. The Morgan fingerprint density at radius 1 is 1.10 bits per heavy atom. The third-order valence-corrected chi connectivity index (χ3v) is 7.46. The predicted octanol–water partition coefficient (Wildman–Crippen LogP) is 4.00. The maximum Gasteiger partial charge on any atom is 0.325 e. The molecule has 0 spiro atoms. The zero-order chi connectivity index (χ0) is 21.8. The third-order valence-electron chi connectivity index (χ3n) is 7.46. The lowest BCUT2D eigenvalue weighted by Crippen LogP contribution is -2.40. The highest BCUT2D eigenvalue weighted by Crippen LogP contribution is 2.34. The monoisotopic (exact) mass is 427 g/mol. The van der Waals surface area contributed by atoms with Crippen LogP contribution < -0.4 is 4.90 Å². The van der Waals surface area contributed by atoms with Crippen molar-refractivity contribution >= 4 is 17.7 Å². The Hall–Kier alpha value is -2.08. The van der Waals surface area contributed by atoms with Gasteiger partial charge in [-0.1, -0.05) is 32.3 Å². The van der Waals surface area contributed by atoms with Gasteiger partial charge in [-0.05, 0) is 61.9 Å². The fourth-order valence-electron chi connectivity index (χ4n) is 5.53. The molecule has 1 aromatic rings. The first-order valence-corrected chi connectivity index (χ1v) is 12.1. The zero-order valence-corrected chi connectivity index (χ0v) is 19.1. The van der Waals surface area contributed by atoms with Crippen LogP contribution in [0.5, 0.6) is 0 Å². The highest BCUT2D eigenvalue weighted by Gasteiger charge is 2.41. The lowest BCUT2D eigenvalue weighted by Gasteiger charge is -2.30. The number of methoxy groups -OCH3 is 1. The molecule has 2 fully saturated rings. The number of anilines is 1. The van der Waals surface area contributed by atoms with Crippen molar-refractivity contribution in [3.63, 3.8) is 0 Å². The van der Waals surface area contributed by atoms with E-state index < -0.39 is 0 Å². The molecule has 6 nitrogen and oxygen atoms in total. The molecule has 2 heterocycles. The zero-order valence-electron chi connectivity index (χ0n) is 19.1. The molecule has 1 aromatic carbocycles. The molecule has 1 saturated heterocycles. The average Bonchev–Trinajstić information content (AvgIpc) is 3.00. The molecule has 1 aliphatic carbocycles. The molecule has 2 aliphatic heterocycles. The fourth-order valence-corrected chi connectivity index (χ4v) is 5.53. The van der Waals surface area contributed by atoms with Crippen molar-refractivity contribution in [1.82, 2.24) is 9.80 Å². The van der Waals surface area contributed by atoms with E-state index in [9.17, 15) is 9.59 Å². The van der Waals surface area contributed by atoms with E-state index in [-0.39, 0.29) is 18.0 Å². The number of rotatable bonds is 6. The molecule has 1 saturated carbocycles. The maximum absolute atomic E-state index is 13.6. The summed E-state index contributed by atoms with van der Waals surface area (Å²) >= 11 is 0. The van der Waals surface area contributed by atoms with Gasteiger partial charge in [0.2, 0.25) is 0 Å². The number of carbonyl (C=O) groups excluding carboxylic acids is 2. The summed E-state index contributed by atoms with van der Waals surface area (Å²) in [5.74, 6) is -0.204. The molecule has 170 valence electrons. The van der Waals surface area contributed by atoms with E-state index in [1.54, 1.807) is 0 Å². The van der Waals surface area contributed by atoms with Crippen LogP contribution in [0.15, 0.2) is 18.2 Å². The minimum Gasteiger partial charge on any atom is -0.469 e. The Bertz CT molecular complexity index is 790. The van der Waals surface area contributed by atoms with Gasteiger partial charge >= 0.3 is 12.0 Å². The first-order valence-electron chi connectivity index (χ1n) is 12.1. The SMILES string of the molecule is CCN1CCc2ccc(N3C(=O)N(C4CCCCC4)CC3CCC(=O)OC)cc2CC1. The van der Waals surface area contributed by atoms with Crippen molar-refractivity contribution in [2.75, 3.05) is 38.2 Å². The molecule has 0 radical (unpaired) electrons. The Labute approximate surface area is 186 Å². The van der Waals surface area contributed by atoms with Crippen LogP contribution in [0, 0.1) is 0 Å². The fraction of sp³-hybridized carbons (Fsp3) is 0.680. The number of hydrogen-bond acceptors (Lipinski definition) is 4. The van der Waals surface area contributed by atoms with Crippen molar-refractivity contribution in [3.05, 3.63) is 29.3 Å². The van der Waals surface area contributed by atoms with Gasteiger partial charge in [-0.25, -0.2) is 4.79 Å². The first-order chi connectivity index (χ1) is 15.1. The van der Waals surface area contributed by atoms with Crippen LogP contribution >= 0.6 is 0 Å². The number of ether oxygens (including phenoxy) is 1. The van der Waals surface area contributed by atoms with Crippen LogP contribution in [-0.2, 0) is 22.4 Å². The summed E-state index contributed by atoms with van der Waals surface area (Å²) in [6.07, 6.45) is 8.95. The average molecular weight is 428 g/mol. The van der Waals surface area contributed by atoms with Gasteiger partial charge in [-0.15, -0.1) is 0 Å². The van der Waals surface area contributed by atoms with Crippen molar-refractivity contribution in [3.8, 4) is 0 Å². The summed E-state index contributed by atoms with van der Waals surface area (Å²) in [6, 6.07) is 7.05. The molecular formula is C25H37N3O3. The predicted molar refractivity (Wildman–Crippen MR) is 122 cm³/mol. The molecule has 3 aliphatic rings. The maximum atomic E-state index is 13.6. The molecule has 31 heavy (non-hydrogen) atoms. The van der Waals surface area contributed by atoms with Gasteiger partial charge in [0.1, 0.15) is 0 Å². The quantitative estimate of drug-likeness (QED) is 0.644. The molecule has 0 aromatic heterocycles. The Morgan fingerprint density at radius 2 is 1.84 bits per heavy atom. The number of fused-ring (bicyclic) bond motifs is 1. The topological polar surface area (TPSA) is 53.1 Å². The smallest absolute Gasteiger partial charge is 0.325 e. The molecule has 2 amide bonds. The second kappa shape index (κ2) is 10.0. The van der Waals surface area contributed by atoms with E-state index in [1.807, 2.05) is 4.90 Å². The van der Waals surface area contributed by atoms with Crippen LogP contribution in [0.3, 0.4) is 0 Å². The van der Waals surface area contributed by atoms with E-state index in [1.165, 1.54) is 37.5 Å². The summed E-state index contributed by atoms with van der Waals surface area (Å²) in [4.78, 5) is 32.0. The second-order valence-corrected chi connectivity index (χ2v) is 9.25. The third kappa shape index (κ3) is 4.89. The summed E-state index contributed by atoms with van der Waals surface area (Å²) in [5.41, 5.74) is 3.76. The number of hydrogen-bond donors (Lipinski definition) is 0. The lowest BCUT2D eigenvalue weighted by molar-refractivity contribution is -0.140. The molecule has 6 heteroatoms. The van der Waals surface area contributed by atoms with Gasteiger partial charge in [0.05, 0.1) is 13.2 Å². The lowest BCUT2D eigenvalue weighted by atomic mass is 9.94. The van der Waals surface area contributed by atoms with E-state index in [2.05, 4.69) is 34.9 Å². The number of esters is 1. The van der Waals surface area contributed by atoms with E-state index in [0.29, 0.717) is 25.4 Å². The first kappa shape index (κ1) is 22.1. The minimum absolute atomic E-state index is 0.0181. The van der Waals surface area contributed by atoms with Crippen LogP contribution in [0.4, 0.5) is 10.5 Å². The molecule has 0 bridgehead atoms. The highest BCUT2D eigenvalue weighted by atomic mass is 16.5. The van der Waals surface area contributed by atoms with Crippen molar-refractivity contribution in [1.29, 1.82) is 0 Å². The number of benzene rings is 1. The largest absolute Gasteiger partial charge is 0.469 e. The number of nitrogens with zero attached hydrogens (tertiary/aromatic N) is 3. The Balaban J connectivity index is 1.57. The van der Waals surface area contributed by atoms with Crippen LogP contribution in [0.2, 0.25) is 0 Å². The number of urea groups is 1. The van der Waals surface area contributed by atoms with Gasteiger partial charge in [-0.3, -0.25) is 9.69 Å². The Kier molecular flexibility index (Phi) is 7.16. The highest BCUT2D eigenvalue weighted by molar-refractivity contribution is 5.95. The van der Waals surface area contributed by atoms with E-state index in [0.717, 1.165) is 51.0 Å². The van der Waals surface area contributed by atoms with Crippen LogP contribution in [0.1, 0.15) is 63.0 Å². The number of carbonyl (C=O) groups is 2. The normalized spacial score (nSPS) is 23.0. The molecule has 1 unspecified atom stereocenters. The molecule has 1 atom stereocenters. The summed E-state index contributed by atoms with van der Waals surface area (Å²) in [7, 11) is 1.43. The van der Waals surface area contributed by atoms with E-state index >= 15 is 0 Å². The van der Waals surface area contributed by atoms with Crippen molar-refractivity contribution < 1.29 is 14.3 Å². The van der Waals surface area contributed by atoms with Gasteiger partial charge < -0.3 is 14.5 Å². The van der Waals surface area contributed by atoms with Crippen molar-refractivity contribution in [2.24, 2.45) is 0 Å². The summed E-state index contributed by atoms with van der Waals surface area (Å²) < 4.78 is 4.87. The molecule has 0 N–H and O–H groups in total. The van der Waals surface area contributed by atoms with Gasteiger partial charge in [0, 0.05) is 37.8 Å². The van der Waals surface area contributed by atoms with Crippen LogP contribution in [-0.4, -0.2) is 67.2 Å². The van der Waals surface area contributed by atoms with E-state index in [4.69, 9.17) is 4.74 Å². The molecular weight excluding hydrogens is 390 g/mol. The molecule has 4 rings (SSSR count). The van der Waals surface area contributed by atoms with Gasteiger partial charge in [0.15, 0.2) is 0 Å². The Morgan fingerprint density at radius 3 is 2.55 bits per heavy atom. The van der Waals surface area contributed by atoms with Crippen molar-refractivity contribution in [2.45, 2.75) is 76.8 Å².